The van der Waals surface area contributed by atoms with Crippen LogP contribution in [-0.2, 0) is 4.79 Å². The number of amides is 1. The van der Waals surface area contributed by atoms with E-state index in [2.05, 4.69) is 25.5 Å². The summed E-state index contributed by atoms with van der Waals surface area (Å²) in [6.07, 6.45) is -4.68. The lowest BCUT2D eigenvalue weighted by Crippen LogP contribution is -2.52. The summed E-state index contributed by atoms with van der Waals surface area (Å²) in [6.45, 7) is 1.89. The Morgan fingerprint density at radius 3 is 2.66 bits per heavy atom. The summed E-state index contributed by atoms with van der Waals surface area (Å²) < 4.78 is 69.9. The average Bonchev–Trinajstić information content (AvgIpc) is 3.51. The number of hydrazone groups is 1. The van der Waals surface area contributed by atoms with Crippen LogP contribution in [0.5, 0.6) is 5.75 Å². The molecule has 1 unspecified atom stereocenters. The maximum absolute atomic E-state index is 14.1. The molecule has 2 heterocycles. The first kappa shape index (κ1) is 30.3. The second-order valence-electron chi connectivity index (χ2n) is 9.01. The minimum atomic E-state index is -5.07. The number of benzene rings is 2. The fourth-order valence-electron chi connectivity index (χ4n) is 4.54. The number of rotatable bonds is 6. The highest BCUT2D eigenvalue weighted by Gasteiger charge is 2.40. The van der Waals surface area contributed by atoms with Crippen LogP contribution in [0.2, 0.25) is 10.0 Å². The Bertz CT molecular complexity index is 1420. The van der Waals surface area contributed by atoms with E-state index in [4.69, 9.17) is 23.2 Å². The standard InChI is InChI=1S/C25H22Cl2F5N7O2/c1-2-38(23(40)20-8-15(29)10-34-20)21-11-39(37-22(21)13-3-4-18(26)19(27)5-13)24(35-12-33)36-16-6-14(28)7-17(9-16)41-25(30,31)32/h3-7,9,15,20-21,34H,2,8,10-11H2,1H3,(H,35,36)/t15-,20-,21?/m1/s1. The lowest BCUT2D eigenvalue weighted by Gasteiger charge is -2.31. The van der Waals surface area contributed by atoms with Gasteiger partial charge in [0.1, 0.15) is 17.7 Å². The number of carbonyl (C=O) groups is 1. The van der Waals surface area contributed by atoms with Crippen LogP contribution in [0.4, 0.5) is 27.6 Å². The molecule has 4 rings (SSSR count). The van der Waals surface area contributed by atoms with Gasteiger partial charge in [-0.2, -0.15) is 10.4 Å². The van der Waals surface area contributed by atoms with Crippen LogP contribution in [0, 0.1) is 17.3 Å². The summed E-state index contributed by atoms with van der Waals surface area (Å²) in [7, 11) is 0. The van der Waals surface area contributed by atoms with Gasteiger partial charge in [0.05, 0.1) is 34.4 Å². The van der Waals surface area contributed by atoms with Crippen molar-refractivity contribution in [3.05, 3.63) is 57.8 Å². The summed E-state index contributed by atoms with van der Waals surface area (Å²) in [5.74, 6) is -2.54. The SMILES string of the molecule is CCN(C(=O)[C@H]1C[C@@H](F)CN1)C1CN(/C(=N\C#N)Nc2cc(F)cc(OC(F)(F)F)c2)N=C1c1ccc(Cl)c(Cl)c1. The Balaban J connectivity index is 1.69. The van der Waals surface area contributed by atoms with Crippen molar-refractivity contribution in [1.29, 1.82) is 5.26 Å². The van der Waals surface area contributed by atoms with Gasteiger partial charge in [0.25, 0.3) is 0 Å². The number of likely N-dealkylation sites (N-methyl/N-ethyl adjacent to an activating group) is 1. The highest BCUT2D eigenvalue weighted by atomic mass is 35.5. The van der Waals surface area contributed by atoms with Gasteiger partial charge in [-0.1, -0.05) is 29.3 Å². The molecule has 1 amide bonds. The zero-order chi connectivity index (χ0) is 29.9. The van der Waals surface area contributed by atoms with Crippen LogP contribution in [0.15, 0.2) is 46.5 Å². The first-order valence-corrected chi connectivity index (χ1v) is 12.9. The third kappa shape index (κ3) is 7.35. The molecule has 0 aliphatic carbocycles. The lowest BCUT2D eigenvalue weighted by atomic mass is 10.0. The van der Waals surface area contributed by atoms with Crippen molar-refractivity contribution < 1.29 is 31.5 Å². The Kier molecular flexibility index (Phi) is 9.21. The van der Waals surface area contributed by atoms with E-state index >= 15 is 0 Å². The van der Waals surface area contributed by atoms with Crippen molar-refractivity contribution in [3.63, 3.8) is 0 Å². The molecule has 218 valence electrons. The molecule has 2 aromatic rings. The molecule has 1 saturated heterocycles. The molecule has 2 aliphatic heterocycles. The largest absolute Gasteiger partial charge is 0.573 e. The molecule has 2 N–H and O–H groups in total. The number of guanidine groups is 1. The molecule has 2 aliphatic rings. The van der Waals surface area contributed by atoms with E-state index in [1.165, 1.54) is 22.0 Å². The molecule has 0 aromatic heterocycles. The summed E-state index contributed by atoms with van der Waals surface area (Å²) in [4.78, 5) is 18.6. The molecular formula is C25H22Cl2F5N7O2. The monoisotopic (exact) mass is 617 g/mol. The minimum absolute atomic E-state index is 0.00435. The number of ether oxygens (including phenoxy) is 1. The number of aliphatic imine (C=N–C) groups is 1. The van der Waals surface area contributed by atoms with Crippen molar-refractivity contribution in [2.45, 2.75) is 38.0 Å². The zero-order valence-corrected chi connectivity index (χ0v) is 22.7. The van der Waals surface area contributed by atoms with Crippen LogP contribution in [0.1, 0.15) is 18.9 Å². The number of nitrogens with one attached hydrogen (secondary N) is 2. The molecule has 0 radical (unpaired) electrons. The Morgan fingerprint density at radius 2 is 2.05 bits per heavy atom. The van der Waals surface area contributed by atoms with Crippen molar-refractivity contribution in [1.82, 2.24) is 15.2 Å². The minimum Gasteiger partial charge on any atom is -0.406 e. The molecule has 0 saturated carbocycles. The first-order chi connectivity index (χ1) is 19.4. The zero-order valence-electron chi connectivity index (χ0n) is 21.2. The van der Waals surface area contributed by atoms with Crippen LogP contribution < -0.4 is 15.4 Å². The van der Waals surface area contributed by atoms with E-state index < -0.39 is 36.2 Å². The number of nitrogens with zero attached hydrogens (tertiary/aromatic N) is 5. The number of anilines is 1. The summed E-state index contributed by atoms with van der Waals surface area (Å²) in [6, 6.07) is 5.43. The molecule has 0 spiro atoms. The maximum Gasteiger partial charge on any atom is 0.573 e. The second-order valence-corrected chi connectivity index (χ2v) is 9.83. The third-order valence-corrected chi connectivity index (χ3v) is 6.98. The lowest BCUT2D eigenvalue weighted by molar-refractivity contribution is -0.274. The number of hydrogen-bond acceptors (Lipinski definition) is 6. The molecular weight excluding hydrogens is 596 g/mol. The molecule has 2 aromatic carbocycles. The number of hydrogen-bond donors (Lipinski definition) is 2. The summed E-state index contributed by atoms with van der Waals surface area (Å²) in [5.41, 5.74) is 0.575. The topological polar surface area (TPSA) is 105 Å². The van der Waals surface area contributed by atoms with E-state index in [1.54, 1.807) is 19.2 Å². The molecule has 16 heteroatoms. The van der Waals surface area contributed by atoms with Crippen molar-refractivity contribution >= 4 is 46.5 Å². The van der Waals surface area contributed by atoms with Gasteiger partial charge in [0, 0.05) is 42.9 Å². The highest BCUT2D eigenvalue weighted by Crippen LogP contribution is 2.29. The van der Waals surface area contributed by atoms with Crippen molar-refractivity contribution in [2.75, 3.05) is 25.0 Å². The van der Waals surface area contributed by atoms with Gasteiger partial charge in [0.15, 0.2) is 0 Å². The maximum atomic E-state index is 14.1. The predicted octanol–water partition coefficient (Wildman–Crippen LogP) is 4.92. The van der Waals surface area contributed by atoms with Gasteiger partial charge in [-0.15, -0.1) is 18.2 Å². The normalized spacial score (nSPS) is 21.0. The molecule has 9 nitrogen and oxygen atoms in total. The summed E-state index contributed by atoms with van der Waals surface area (Å²) in [5, 5.41) is 21.0. The number of carbonyl (C=O) groups excluding carboxylic acids is 1. The number of nitriles is 1. The van der Waals surface area contributed by atoms with E-state index in [0.717, 1.165) is 12.1 Å². The van der Waals surface area contributed by atoms with Crippen LogP contribution >= 0.6 is 23.2 Å². The number of alkyl halides is 4. The Morgan fingerprint density at radius 1 is 1.29 bits per heavy atom. The van der Waals surface area contributed by atoms with E-state index in [-0.39, 0.29) is 53.7 Å². The van der Waals surface area contributed by atoms with Gasteiger partial charge in [-0.25, -0.2) is 13.8 Å². The van der Waals surface area contributed by atoms with Gasteiger partial charge < -0.3 is 20.3 Å². The average molecular weight is 618 g/mol. The highest BCUT2D eigenvalue weighted by molar-refractivity contribution is 6.42. The van der Waals surface area contributed by atoms with E-state index in [9.17, 15) is 32.0 Å². The summed E-state index contributed by atoms with van der Waals surface area (Å²) >= 11 is 12.3. The number of halogens is 7. The Hall–Kier alpha value is -3.67. The van der Waals surface area contributed by atoms with Crippen molar-refractivity contribution in [3.8, 4) is 11.9 Å². The molecule has 1 fully saturated rings. The first-order valence-electron chi connectivity index (χ1n) is 12.2. The fraction of sp³-hybridized carbons (Fsp3) is 0.360. The van der Waals surface area contributed by atoms with E-state index in [0.29, 0.717) is 17.3 Å². The van der Waals surface area contributed by atoms with Crippen LogP contribution in [0.25, 0.3) is 0 Å². The fourth-order valence-corrected chi connectivity index (χ4v) is 4.84. The van der Waals surface area contributed by atoms with E-state index in [1.807, 2.05) is 0 Å². The quantitative estimate of drug-likeness (QED) is 0.206. The molecule has 41 heavy (non-hydrogen) atoms. The van der Waals surface area contributed by atoms with Gasteiger partial charge >= 0.3 is 6.36 Å². The Labute approximate surface area is 241 Å². The van der Waals surface area contributed by atoms with Gasteiger partial charge in [-0.05, 0) is 25.1 Å². The molecule has 0 bridgehead atoms. The smallest absolute Gasteiger partial charge is 0.406 e. The van der Waals surface area contributed by atoms with Gasteiger partial charge in [-0.3, -0.25) is 4.79 Å². The van der Waals surface area contributed by atoms with Crippen LogP contribution in [-0.4, -0.2) is 71.7 Å². The molecule has 3 atom stereocenters. The predicted molar refractivity (Wildman–Crippen MR) is 142 cm³/mol. The second kappa shape index (κ2) is 12.5. The third-order valence-electron chi connectivity index (χ3n) is 6.24. The van der Waals surface area contributed by atoms with Crippen molar-refractivity contribution in [2.24, 2.45) is 10.1 Å². The van der Waals surface area contributed by atoms with Gasteiger partial charge in [0.2, 0.25) is 18.1 Å². The van der Waals surface area contributed by atoms with Crippen LogP contribution in [0.3, 0.4) is 0 Å².